The van der Waals surface area contributed by atoms with Gasteiger partial charge in [-0.25, -0.2) is 14.6 Å². The first-order valence-corrected chi connectivity index (χ1v) is 13.2. The van der Waals surface area contributed by atoms with Gasteiger partial charge in [0.1, 0.15) is 24.5 Å². The summed E-state index contributed by atoms with van der Waals surface area (Å²) in [6.45, 7) is 10.1. The van der Waals surface area contributed by atoms with Crippen molar-refractivity contribution >= 4 is 33.8 Å². The number of hydrogen-bond acceptors (Lipinski definition) is 8. The zero-order chi connectivity index (χ0) is 24.8. The fourth-order valence-electron chi connectivity index (χ4n) is 5.23. The van der Waals surface area contributed by atoms with Crippen LogP contribution >= 0.6 is 11.3 Å². The number of hydrogen-bond donors (Lipinski definition) is 1. The SMILES string of the molecule is Cc1nn(C(C)C2=C(c3ccc(CN4CCN(C)CC4)s3)c3ccccc3OC2)c2ncnc(N)c12. The van der Waals surface area contributed by atoms with Gasteiger partial charge in [-0.1, -0.05) is 18.2 Å². The third-order valence-electron chi connectivity index (χ3n) is 7.31. The van der Waals surface area contributed by atoms with Gasteiger partial charge in [0, 0.05) is 59.2 Å². The maximum atomic E-state index is 6.25. The standard InChI is InChI=1S/C27H31N7OS/c1-17-24-26(28)29-16-30-27(24)34(31-17)18(2)21-15-35-22-7-5-4-6-20(22)25(21)23-9-8-19(36-23)14-33-12-10-32(3)11-13-33/h4-9,16,18H,10-15H2,1-3H3,(H2,28,29,30). The van der Waals surface area contributed by atoms with Gasteiger partial charge >= 0.3 is 0 Å². The van der Waals surface area contributed by atoms with E-state index in [-0.39, 0.29) is 6.04 Å². The van der Waals surface area contributed by atoms with E-state index in [0.29, 0.717) is 12.4 Å². The molecule has 1 aromatic carbocycles. The highest BCUT2D eigenvalue weighted by molar-refractivity contribution is 7.13. The molecule has 0 aliphatic carbocycles. The normalized spacial score (nSPS) is 17.9. The average molecular weight is 502 g/mol. The zero-order valence-corrected chi connectivity index (χ0v) is 21.8. The van der Waals surface area contributed by atoms with Gasteiger partial charge in [-0.3, -0.25) is 4.90 Å². The number of anilines is 1. The lowest BCUT2D eigenvalue weighted by Crippen LogP contribution is -2.43. The molecule has 1 fully saturated rings. The van der Waals surface area contributed by atoms with Crippen LogP contribution in [0, 0.1) is 6.92 Å². The lowest BCUT2D eigenvalue weighted by Gasteiger charge is -2.32. The van der Waals surface area contributed by atoms with Crippen molar-refractivity contribution in [2.24, 2.45) is 0 Å². The third-order valence-corrected chi connectivity index (χ3v) is 8.40. The summed E-state index contributed by atoms with van der Waals surface area (Å²) < 4.78 is 8.21. The summed E-state index contributed by atoms with van der Waals surface area (Å²) in [5.41, 5.74) is 11.3. The summed E-state index contributed by atoms with van der Waals surface area (Å²) in [5, 5.41) is 5.65. The van der Waals surface area contributed by atoms with Crippen LogP contribution in [0.25, 0.3) is 16.6 Å². The molecule has 1 unspecified atom stereocenters. The second-order valence-corrected chi connectivity index (χ2v) is 10.9. The van der Waals surface area contributed by atoms with Crippen molar-refractivity contribution in [3.8, 4) is 5.75 Å². The number of para-hydroxylation sites is 1. The molecule has 1 saturated heterocycles. The van der Waals surface area contributed by atoms with E-state index in [2.05, 4.69) is 64.1 Å². The van der Waals surface area contributed by atoms with Crippen molar-refractivity contribution in [3.63, 3.8) is 0 Å². The highest BCUT2D eigenvalue weighted by Crippen LogP contribution is 2.43. The van der Waals surface area contributed by atoms with E-state index >= 15 is 0 Å². The monoisotopic (exact) mass is 501 g/mol. The number of rotatable bonds is 5. The Kier molecular flexibility index (Phi) is 5.99. The van der Waals surface area contributed by atoms with E-state index in [1.165, 1.54) is 27.2 Å². The number of piperazine rings is 1. The van der Waals surface area contributed by atoms with Crippen LogP contribution in [0.15, 0.2) is 48.3 Å². The van der Waals surface area contributed by atoms with Crippen LogP contribution in [0.3, 0.4) is 0 Å². The molecule has 36 heavy (non-hydrogen) atoms. The Morgan fingerprint density at radius 3 is 2.72 bits per heavy atom. The molecule has 3 aromatic heterocycles. The number of nitrogens with zero attached hydrogens (tertiary/aromatic N) is 6. The topological polar surface area (TPSA) is 85.3 Å². The smallest absolute Gasteiger partial charge is 0.164 e. The minimum absolute atomic E-state index is 0.0676. The van der Waals surface area contributed by atoms with E-state index in [9.17, 15) is 0 Å². The summed E-state index contributed by atoms with van der Waals surface area (Å²) >= 11 is 1.88. The van der Waals surface area contributed by atoms with Crippen molar-refractivity contribution in [3.05, 3.63) is 69.3 Å². The first-order valence-electron chi connectivity index (χ1n) is 12.4. The number of nitrogen functional groups attached to an aromatic ring is 1. The predicted octanol–water partition coefficient (Wildman–Crippen LogP) is 3.98. The van der Waals surface area contributed by atoms with E-state index in [4.69, 9.17) is 15.6 Å². The molecule has 2 aliphatic rings. The number of aromatic nitrogens is 4. The fourth-order valence-corrected chi connectivity index (χ4v) is 6.38. The molecule has 2 N–H and O–H groups in total. The third kappa shape index (κ3) is 4.07. The summed E-state index contributed by atoms with van der Waals surface area (Å²) in [4.78, 5) is 16.3. The Bertz CT molecular complexity index is 1450. The molecule has 5 heterocycles. The van der Waals surface area contributed by atoms with Crippen LogP contribution in [-0.4, -0.2) is 69.4 Å². The summed E-state index contributed by atoms with van der Waals surface area (Å²) in [6, 6.07) is 12.8. The Morgan fingerprint density at radius 1 is 1.08 bits per heavy atom. The van der Waals surface area contributed by atoms with Crippen LogP contribution < -0.4 is 10.5 Å². The largest absolute Gasteiger partial charge is 0.488 e. The lowest BCUT2D eigenvalue weighted by atomic mass is 9.92. The fraction of sp³-hybridized carbons (Fsp3) is 0.370. The molecule has 6 rings (SSSR count). The average Bonchev–Trinajstić information content (AvgIpc) is 3.49. The number of aryl methyl sites for hydroxylation is 1. The Labute approximate surface area is 215 Å². The van der Waals surface area contributed by atoms with Gasteiger partial charge in [-0.15, -0.1) is 11.3 Å². The van der Waals surface area contributed by atoms with Crippen molar-refractivity contribution < 1.29 is 4.74 Å². The minimum Gasteiger partial charge on any atom is -0.488 e. The zero-order valence-electron chi connectivity index (χ0n) is 20.9. The van der Waals surface area contributed by atoms with E-state index in [1.807, 2.05) is 29.0 Å². The molecular weight excluding hydrogens is 470 g/mol. The first-order chi connectivity index (χ1) is 17.5. The molecule has 0 saturated carbocycles. The second-order valence-electron chi connectivity index (χ2n) is 9.69. The quantitative estimate of drug-likeness (QED) is 0.443. The summed E-state index contributed by atoms with van der Waals surface area (Å²) in [7, 11) is 2.20. The highest BCUT2D eigenvalue weighted by Gasteiger charge is 2.29. The van der Waals surface area contributed by atoms with Crippen molar-refractivity contribution in [1.29, 1.82) is 0 Å². The first kappa shape index (κ1) is 23.1. The highest BCUT2D eigenvalue weighted by atomic mass is 32.1. The van der Waals surface area contributed by atoms with Gasteiger partial charge in [0.05, 0.1) is 17.1 Å². The van der Waals surface area contributed by atoms with Crippen LogP contribution in [0.5, 0.6) is 5.75 Å². The molecule has 0 amide bonds. The van der Waals surface area contributed by atoms with E-state index in [1.54, 1.807) is 0 Å². The van der Waals surface area contributed by atoms with E-state index in [0.717, 1.165) is 60.8 Å². The van der Waals surface area contributed by atoms with Gasteiger partial charge < -0.3 is 15.4 Å². The van der Waals surface area contributed by atoms with E-state index < -0.39 is 0 Å². The van der Waals surface area contributed by atoms with Crippen LogP contribution in [0.1, 0.15) is 34.0 Å². The van der Waals surface area contributed by atoms with Gasteiger partial charge in [-0.2, -0.15) is 5.10 Å². The molecule has 1 atom stereocenters. The molecule has 0 radical (unpaired) electrons. The molecule has 186 valence electrons. The number of ether oxygens (including phenoxy) is 1. The van der Waals surface area contributed by atoms with Gasteiger partial charge in [0.25, 0.3) is 0 Å². The maximum Gasteiger partial charge on any atom is 0.164 e. The lowest BCUT2D eigenvalue weighted by molar-refractivity contribution is 0.149. The molecule has 0 bridgehead atoms. The second kappa shape index (κ2) is 9.31. The molecule has 4 aromatic rings. The molecule has 0 spiro atoms. The number of thiophene rings is 1. The van der Waals surface area contributed by atoms with Crippen LogP contribution in [0.2, 0.25) is 0 Å². The molecular formula is C27H31N7OS. The Morgan fingerprint density at radius 2 is 1.89 bits per heavy atom. The Balaban J connectivity index is 1.42. The van der Waals surface area contributed by atoms with Crippen LogP contribution in [-0.2, 0) is 6.54 Å². The minimum atomic E-state index is -0.0676. The molecule has 9 heteroatoms. The molecule has 2 aliphatic heterocycles. The van der Waals surface area contributed by atoms with Gasteiger partial charge in [-0.05, 0) is 39.1 Å². The van der Waals surface area contributed by atoms with Crippen LogP contribution in [0.4, 0.5) is 5.82 Å². The number of fused-ring (bicyclic) bond motifs is 2. The number of benzene rings is 1. The summed E-state index contributed by atoms with van der Waals surface area (Å²) in [6.07, 6.45) is 1.51. The number of likely N-dealkylation sites (N-methyl/N-ethyl adjacent to an activating group) is 1. The predicted molar refractivity (Wildman–Crippen MR) is 144 cm³/mol. The van der Waals surface area contributed by atoms with Crippen molar-refractivity contribution in [1.82, 2.24) is 29.5 Å². The summed E-state index contributed by atoms with van der Waals surface area (Å²) in [5.74, 6) is 1.38. The maximum absolute atomic E-state index is 6.25. The number of nitrogens with two attached hydrogens (primary N) is 1. The Hall–Kier alpha value is -3.27. The van der Waals surface area contributed by atoms with Gasteiger partial charge in [0.2, 0.25) is 0 Å². The van der Waals surface area contributed by atoms with Crippen molar-refractivity contribution in [2.75, 3.05) is 45.6 Å². The van der Waals surface area contributed by atoms with Gasteiger partial charge in [0.15, 0.2) is 5.65 Å². The molecule has 8 nitrogen and oxygen atoms in total. The van der Waals surface area contributed by atoms with Crippen molar-refractivity contribution in [2.45, 2.75) is 26.4 Å².